The number of rotatable bonds is 6. The number of halogens is 1. The first-order chi connectivity index (χ1) is 16.5. The van der Waals surface area contributed by atoms with Gasteiger partial charge in [0.2, 0.25) is 6.29 Å². The van der Waals surface area contributed by atoms with E-state index in [2.05, 4.69) is 15.0 Å². The largest absolute Gasteiger partial charge is 0.424 e. The number of ether oxygens (including phenoxy) is 3. The van der Waals surface area contributed by atoms with Gasteiger partial charge in [0, 0.05) is 17.2 Å². The van der Waals surface area contributed by atoms with Crippen LogP contribution in [-0.2, 0) is 9.47 Å². The molecule has 1 aliphatic rings. The number of aromatic amines is 1. The second kappa shape index (κ2) is 9.30. The van der Waals surface area contributed by atoms with Crippen LogP contribution in [0.4, 0.5) is 4.39 Å². The van der Waals surface area contributed by atoms with E-state index in [0.29, 0.717) is 47.4 Å². The van der Waals surface area contributed by atoms with Crippen molar-refractivity contribution in [3.8, 4) is 34.4 Å². The molecular formula is C25H23FN4O4. The van der Waals surface area contributed by atoms with Gasteiger partial charge >= 0.3 is 6.01 Å². The summed E-state index contributed by atoms with van der Waals surface area (Å²) in [7, 11) is 0. The lowest BCUT2D eigenvalue weighted by Gasteiger charge is -2.35. The van der Waals surface area contributed by atoms with Gasteiger partial charge in [0.05, 0.1) is 36.9 Å². The Bertz CT molecular complexity index is 1260. The summed E-state index contributed by atoms with van der Waals surface area (Å²) in [6.45, 7) is 2.47. The number of hydrogen-bond donors (Lipinski definition) is 2. The van der Waals surface area contributed by atoms with E-state index < -0.39 is 11.7 Å². The molecular weight excluding hydrogens is 439 g/mol. The van der Waals surface area contributed by atoms with E-state index in [1.54, 1.807) is 24.4 Å². The van der Waals surface area contributed by atoms with Gasteiger partial charge in [-0.1, -0.05) is 25.1 Å². The summed E-state index contributed by atoms with van der Waals surface area (Å²) in [6.07, 6.45) is 0.852. The zero-order chi connectivity index (χ0) is 23.5. The molecule has 9 heteroatoms. The van der Waals surface area contributed by atoms with Crippen molar-refractivity contribution in [2.45, 2.75) is 13.2 Å². The van der Waals surface area contributed by atoms with Crippen LogP contribution in [-0.4, -0.2) is 44.9 Å². The van der Waals surface area contributed by atoms with Gasteiger partial charge in [0.1, 0.15) is 11.6 Å². The lowest BCUT2D eigenvalue weighted by Crippen LogP contribution is -2.39. The molecule has 0 spiro atoms. The predicted octanol–water partition coefficient (Wildman–Crippen LogP) is 4.51. The Balaban J connectivity index is 1.51. The number of aromatic nitrogens is 4. The lowest BCUT2D eigenvalue weighted by molar-refractivity contribution is -0.239. The summed E-state index contributed by atoms with van der Waals surface area (Å²) in [5.74, 6) is 0.710. The Kier molecular flexibility index (Phi) is 6.06. The van der Waals surface area contributed by atoms with Crippen LogP contribution in [0.2, 0.25) is 0 Å². The topological polar surface area (TPSA) is 102 Å². The first-order valence-electron chi connectivity index (χ1n) is 10.8. The van der Waals surface area contributed by atoms with Crippen LogP contribution in [0, 0.1) is 11.2 Å². The van der Waals surface area contributed by atoms with Crippen LogP contribution in [0.1, 0.15) is 19.0 Å². The van der Waals surface area contributed by atoms with E-state index in [1.807, 2.05) is 37.3 Å². The van der Waals surface area contributed by atoms with Crippen LogP contribution in [0.3, 0.4) is 0 Å². The van der Waals surface area contributed by atoms with Gasteiger partial charge in [0.25, 0.3) is 0 Å². The van der Waals surface area contributed by atoms with E-state index in [9.17, 15) is 9.50 Å². The summed E-state index contributed by atoms with van der Waals surface area (Å²) < 4.78 is 31.0. The average Bonchev–Trinajstić information content (AvgIpc) is 3.31. The summed E-state index contributed by atoms with van der Waals surface area (Å²) in [4.78, 5) is 16.7. The normalized spacial score (nSPS) is 20.3. The maximum Gasteiger partial charge on any atom is 0.322 e. The van der Waals surface area contributed by atoms with Gasteiger partial charge in [-0.3, -0.25) is 0 Å². The highest BCUT2D eigenvalue weighted by molar-refractivity contribution is 5.76. The zero-order valence-electron chi connectivity index (χ0n) is 18.4. The molecule has 0 atom stereocenters. The quantitative estimate of drug-likeness (QED) is 0.435. The number of benzene rings is 2. The molecule has 174 valence electrons. The maximum atomic E-state index is 13.6. The first kappa shape index (κ1) is 22.1. The van der Waals surface area contributed by atoms with Crippen molar-refractivity contribution < 1.29 is 23.7 Å². The van der Waals surface area contributed by atoms with Crippen molar-refractivity contribution >= 4 is 0 Å². The van der Waals surface area contributed by atoms with Crippen LogP contribution < -0.4 is 4.74 Å². The summed E-state index contributed by atoms with van der Waals surface area (Å²) >= 11 is 0. The number of aliphatic hydroxyl groups is 1. The number of H-pyrrole nitrogens is 1. The second-order valence-corrected chi connectivity index (χ2v) is 8.41. The highest BCUT2D eigenvalue weighted by Crippen LogP contribution is 2.35. The van der Waals surface area contributed by atoms with Crippen LogP contribution in [0.15, 0.2) is 66.9 Å². The minimum absolute atomic E-state index is 0.0465. The molecule has 0 radical (unpaired) electrons. The fraction of sp³-hybridized carbons (Fsp3) is 0.240. The Hall–Kier alpha value is -3.66. The molecule has 2 aromatic carbocycles. The maximum absolute atomic E-state index is 13.6. The molecule has 0 saturated carbocycles. The average molecular weight is 462 g/mol. The fourth-order valence-electron chi connectivity index (χ4n) is 3.52. The van der Waals surface area contributed by atoms with Crippen LogP contribution in [0.25, 0.3) is 22.6 Å². The number of imidazole rings is 1. The molecule has 0 bridgehead atoms. The van der Waals surface area contributed by atoms with E-state index in [0.717, 1.165) is 0 Å². The Morgan fingerprint density at radius 3 is 2.50 bits per heavy atom. The van der Waals surface area contributed by atoms with Crippen molar-refractivity contribution in [1.29, 1.82) is 0 Å². The summed E-state index contributed by atoms with van der Waals surface area (Å²) in [5, 5.41) is 9.57. The zero-order valence-corrected chi connectivity index (χ0v) is 18.4. The molecule has 8 nitrogen and oxygen atoms in total. The summed E-state index contributed by atoms with van der Waals surface area (Å²) in [5.41, 5.74) is 1.91. The SMILES string of the molecule is CC1(CO)COC(c2nc(-c3ccc(F)cc3)c(-c3ccnc(Oc4ccccc4)n3)[nH]2)OC1. The minimum atomic E-state index is -0.741. The third-order valence-corrected chi connectivity index (χ3v) is 5.45. The van der Waals surface area contributed by atoms with Crippen molar-refractivity contribution in [1.82, 2.24) is 19.9 Å². The molecule has 2 N–H and O–H groups in total. The van der Waals surface area contributed by atoms with Crippen molar-refractivity contribution in [3.05, 3.63) is 78.5 Å². The van der Waals surface area contributed by atoms with Crippen molar-refractivity contribution in [2.75, 3.05) is 19.8 Å². The molecule has 2 aromatic heterocycles. The molecule has 34 heavy (non-hydrogen) atoms. The van der Waals surface area contributed by atoms with Crippen molar-refractivity contribution in [2.24, 2.45) is 5.41 Å². The third kappa shape index (κ3) is 4.67. The van der Waals surface area contributed by atoms with Gasteiger partial charge in [-0.25, -0.2) is 14.4 Å². The van der Waals surface area contributed by atoms with Crippen LogP contribution in [0.5, 0.6) is 11.8 Å². The summed E-state index contributed by atoms with van der Waals surface area (Å²) in [6, 6.07) is 17.2. The van der Waals surface area contributed by atoms with Crippen LogP contribution >= 0.6 is 0 Å². The number of para-hydroxylation sites is 1. The second-order valence-electron chi connectivity index (χ2n) is 8.41. The molecule has 3 heterocycles. The third-order valence-electron chi connectivity index (χ3n) is 5.45. The standard InChI is InChI=1S/C25H23FN4O4/c1-25(13-31)14-32-23(33-15-25)22-29-20(16-7-9-17(26)10-8-16)21(30-22)19-11-12-27-24(28-19)34-18-5-3-2-4-6-18/h2-12,23,31H,13-15H2,1H3,(H,29,30). The van der Waals surface area contributed by atoms with Gasteiger partial charge in [-0.15, -0.1) is 0 Å². The van der Waals surface area contributed by atoms with Crippen molar-refractivity contribution in [3.63, 3.8) is 0 Å². The highest BCUT2D eigenvalue weighted by Gasteiger charge is 2.34. The number of aliphatic hydroxyl groups excluding tert-OH is 1. The van der Waals surface area contributed by atoms with E-state index in [1.165, 1.54) is 12.1 Å². The molecule has 0 unspecified atom stereocenters. The molecule has 0 aliphatic carbocycles. The Morgan fingerprint density at radius 2 is 1.79 bits per heavy atom. The van der Waals surface area contributed by atoms with Gasteiger partial charge in [-0.2, -0.15) is 4.98 Å². The van der Waals surface area contributed by atoms with Gasteiger partial charge in [0.15, 0.2) is 5.82 Å². The van der Waals surface area contributed by atoms with E-state index in [-0.39, 0.29) is 18.4 Å². The molecule has 5 rings (SSSR count). The first-order valence-corrected chi connectivity index (χ1v) is 10.8. The number of hydrogen-bond acceptors (Lipinski definition) is 7. The van der Waals surface area contributed by atoms with Gasteiger partial charge in [-0.05, 0) is 42.5 Å². The number of nitrogens with zero attached hydrogens (tertiary/aromatic N) is 3. The smallest absolute Gasteiger partial charge is 0.322 e. The molecule has 1 fully saturated rings. The van der Waals surface area contributed by atoms with Gasteiger partial charge < -0.3 is 24.3 Å². The van der Waals surface area contributed by atoms with E-state index in [4.69, 9.17) is 19.2 Å². The monoisotopic (exact) mass is 462 g/mol. The Morgan fingerprint density at radius 1 is 1.06 bits per heavy atom. The molecule has 1 saturated heterocycles. The predicted molar refractivity (Wildman–Crippen MR) is 121 cm³/mol. The lowest BCUT2D eigenvalue weighted by atomic mass is 9.94. The van der Waals surface area contributed by atoms with E-state index >= 15 is 0 Å². The molecule has 4 aromatic rings. The molecule has 0 amide bonds. The highest BCUT2D eigenvalue weighted by atomic mass is 19.1. The number of nitrogens with one attached hydrogen (secondary N) is 1. The Labute approximate surface area is 195 Å². The minimum Gasteiger partial charge on any atom is -0.424 e. The molecule has 1 aliphatic heterocycles. The fourth-order valence-corrected chi connectivity index (χ4v) is 3.52.